The van der Waals surface area contributed by atoms with Gasteiger partial charge < -0.3 is 5.11 Å². The number of aryl methyl sites for hydroxylation is 3. The monoisotopic (exact) mass is 311 g/mol. The molecule has 0 spiro atoms. The standard InChI is InChI=1S/C12H16F3NO3S/c1-7-4-8(2)11(9(3)5-7)20(18,19)16-10(6-17)12(13,14)15/h4-5,10,16-17H,6H2,1-3H3. The van der Waals surface area contributed by atoms with E-state index in [0.29, 0.717) is 11.1 Å². The van der Waals surface area contributed by atoms with Gasteiger partial charge in [-0.2, -0.15) is 17.9 Å². The van der Waals surface area contributed by atoms with Gasteiger partial charge in [0, 0.05) is 0 Å². The van der Waals surface area contributed by atoms with Crippen molar-refractivity contribution in [3.05, 3.63) is 28.8 Å². The smallest absolute Gasteiger partial charge is 0.394 e. The average Bonchev–Trinajstić information content (AvgIpc) is 2.22. The number of aliphatic hydroxyl groups is 1. The normalized spacial score (nSPS) is 14.3. The highest BCUT2D eigenvalue weighted by Gasteiger charge is 2.42. The van der Waals surface area contributed by atoms with E-state index in [2.05, 4.69) is 0 Å². The summed E-state index contributed by atoms with van der Waals surface area (Å²) in [6.45, 7) is 3.43. The Hall–Kier alpha value is -1.12. The van der Waals surface area contributed by atoms with Gasteiger partial charge in [0.15, 0.2) is 0 Å². The summed E-state index contributed by atoms with van der Waals surface area (Å²) >= 11 is 0. The van der Waals surface area contributed by atoms with Crippen molar-refractivity contribution in [1.29, 1.82) is 0 Å². The molecule has 0 bridgehead atoms. The summed E-state index contributed by atoms with van der Waals surface area (Å²) < 4.78 is 63.3. The van der Waals surface area contributed by atoms with Crippen LogP contribution in [0, 0.1) is 20.8 Å². The number of halogens is 3. The molecule has 0 amide bonds. The van der Waals surface area contributed by atoms with E-state index in [0.717, 1.165) is 5.56 Å². The number of benzene rings is 1. The fraction of sp³-hybridized carbons (Fsp3) is 0.500. The number of rotatable bonds is 4. The Kier molecular flexibility index (Phi) is 4.83. The van der Waals surface area contributed by atoms with Gasteiger partial charge in [-0.05, 0) is 31.9 Å². The average molecular weight is 311 g/mol. The molecule has 0 aromatic heterocycles. The fourth-order valence-corrected chi connectivity index (χ4v) is 3.71. The maximum absolute atomic E-state index is 12.5. The third-order valence-electron chi connectivity index (χ3n) is 2.75. The van der Waals surface area contributed by atoms with Gasteiger partial charge in [-0.3, -0.25) is 0 Å². The second kappa shape index (κ2) is 5.71. The molecule has 8 heteroatoms. The second-order valence-corrected chi connectivity index (χ2v) is 6.28. The van der Waals surface area contributed by atoms with Crippen molar-refractivity contribution in [2.75, 3.05) is 6.61 Å². The van der Waals surface area contributed by atoms with E-state index in [1.54, 1.807) is 19.1 Å². The topological polar surface area (TPSA) is 66.4 Å². The number of hydrogen-bond acceptors (Lipinski definition) is 3. The Bertz CT molecular complexity index is 573. The van der Waals surface area contributed by atoms with Gasteiger partial charge in [0.2, 0.25) is 10.0 Å². The number of nitrogens with one attached hydrogen (secondary N) is 1. The summed E-state index contributed by atoms with van der Waals surface area (Å²) in [6, 6.07) is 0.624. The molecule has 1 rings (SSSR count). The fourth-order valence-electron chi connectivity index (χ4n) is 2.04. The van der Waals surface area contributed by atoms with Crippen LogP contribution in [0.5, 0.6) is 0 Å². The SMILES string of the molecule is Cc1cc(C)c(S(=O)(=O)NC(CO)C(F)(F)F)c(C)c1. The molecule has 2 N–H and O–H groups in total. The summed E-state index contributed by atoms with van der Waals surface area (Å²) in [6.07, 6.45) is -4.85. The first kappa shape index (κ1) is 16.9. The molecule has 1 aromatic carbocycles. The first-order valence-electron chi connectivity index (χ1n) is 5.77. The van der Waals surface area contributed by atoms with E-state index >= 15 is 0 Å². The van der Waals surface area contributed by atoms with Crippen LogP contribution in [-0.4, -0.2) is 32.3 Å². The number of hydrogen-bond donors (Lipinski definition) is 2. The first-order valence-corrected chi connectivity index (χ1v) is 7.25. The molecule has 0 heterocycles. The maximum Gasteiger partial charge on any atom is 0.407 e. The highest BCUT2D eigenvalue weighted by Crippen LogP contribution is 2.25. The van der Waals surface area contributed by atoms with E-state index in [-0.39, 0.29) is 4.90 Å². The van der Waals surface area contributed by atoms with Gasteiger partial charge in [-0.1, -0.05) is 17.7 Å². The Balaban J connectivity index is 3.25. The minimum atomic E-state index is -4.85. The molecule has 0 aliphatic carbocycles. The van der Waals surface area contributed by atoms with Gasteiger partial charge in [0.1, 0.15) is 6.04 Å². The molecule has 20 heavy (non-hydrogen) atoms. The second-order valence-electron chi connectivity index (χ2n) is 4.63. The summed E-state index contributed by atoms with van der Waals surface area (Å²) in [5, 5.41) is 8.71. The molecule has 4 nitrogen and oxygen atoms in total. The molecular weight excluding hydrogens is 295 g/mol. The lowest BCUT2D eigenvalue weighted by Gasteiger charge is -2.21. The van der Waals surface area contributed by atoms with Crippen molar-refractivity contribution >= 4 is 10.0 Å². The highest BCUT2D eigenvalue weighted by atomic mass is 32.2. The lowest BCUT2D eigenvalue weighted by Crippen LogP contribution is -2.47. The third-order valence-corrected chi connectivity index (χ3v) is 4.52. The predicted octanol–water partition coefficient (Wildman–Crippen LogP) is 1.81. The molecule has 1 atom stereocenters. The van der Waals surface area contributed by atoms with Crippen LogP contribution in [0.15, 0.2) is 17.0 Å². The van der Waals surface area contributed by atoms with Crippen LogP contribution in [0.25, 0.3) is 0 Å². The largest absolute Gasteiger partial charge is 0.407 e. The summed E-state index contributed by atoms with van der Waals surface area (Å²) in [5.74, 6) is 0. The molecule has 0 saturated heterocycles. The molecule has 1 unspecified atom stereocenters. The lowest BCUT2D eigenvalue weighted by atomic mass is 10.1. The van der Waals surface area contributed by atoms with Crippen molar-refractivity contribution in [1.82, 2.24) is 4.72 Å². The Morgan fingerprint density at radius 1 is 1.20 bits per heavy atom. The van der Waals surface area contributed by atoms with E-state index in [4.69, 9.17) is 5.11 Å². The van der Waals surface area contributed by atoms with Crippen LogP contribution in [0.3, 0.4) is 0 Å². The van der Waals surface area contributed by atoms with Gasteiger partial charge in [-0.15, -0.1) is 0 Å². The molecule has 0 aliphatic heterocycles. The minimum Gasteiger partial charge on any atom is -0.394 e. The van der Waals surface area contributed by atoms with E-state index in [1.807, 2.05) is 0 Å². The van der Waals surface area contributed by atoms with Crippen LogP contribution in [0.2, 0.25) is 0 Å². The molecule has 1 aromatic rings. The van der Waals surface area contributed by atoms with Crippen molar-refractivity contribution in [2.45, 2.75) is 37.9 Å². The van der Waals surface area contributed by atoms with Crippen molar-refractivity contribution in [3.63, 3.8) is 0 Å². The van der Waals surface area contributed by atoms with Gasteiger partial charge in [-0.25, -0.2) is 8.42 Å². The summed E-state index contributed by atoms with van der Waals surface area (Å²) in [7, 11) is -4.36. The molecule has 0 fully saturated rings. The van der Waals surface area contributed by atoms with Crippen LogP contribution in [0.1, 0.15) is 16.7 Å². The first-order chi connectivity index (χ1) is 8.99. The molecule has 0 aliphatic rings. The Morgan fingerprint density at radius 2 is 1.65 bits per heavy atom. The van der Waals surface area contributed by atoms with Crippen molar-refractivity contribution in [3.8, 4) is 0 Å². The van der Waals surface area contributed by atoms with Gasteiger partial charge in [0.05, 0.1) is 11.5 Å². The predicted molar refractivity (Wildman–Crippen MR) is 67.9 cm³/mol. The zero-order valence-corrected chi connectivity index (χ0v) is 12.1. The van der Waals surface area contributed by atoms with Crippen LogP contribution in [0.4, 0.5) is 13.2 Å². The zero-order chi connectivity index (χ0) is 15.7. The molecule has 0 radical (unpaired) electrons. The zero-order valence-electron chi connectivity index (χ0n) is 11.2. The van der Waals surface area contributed by atoms with Gasteiger partial charge in [0.25, 0.3) is 0 Å². The van der Waals surface area contributed by atoms with Crippen LogP contribution < -0.4 is 4.72 Å². The van der Waals surface area contributed by atoms with Crippen LogP contribution in [-0.2, 0) is 10.0 Å². The molecule has 114 valence electrons. The Morgan fingerprint density at radius 3 is 2.00 bits per heavy atom. The Labute approximate surface area is 115 Å². The minimum absolute atomic E-state index is 0.189. The molecule has 0 saturated carbocycles. The van der Waals surface area contributed by atoms with E-state index in [9.17, 15) is 21.6 Å². The summed E-state index contributed by atoms with van der Waals surface area (Å²) in [4.78, 5) is -0.189. The summed E-state index contributed by atoms with van der Waals surface area (Å²) in [5.41, 5.74) is 1.52. The van der Waals surface area contributed by atoms with Gasteiger partial charge >= 0.3 is 6.18 Å². The number of alkyl halides is 3. The molecular formula is C12H16F3NO3S. The van der Waals surface area contributed by atoms with E-state index in [1.165, 1.54) is 18.6 Å². The number of aliphatic hydroxyl groups excluding tert-OH is 1. The highest BCUT2D eigenvalue weighted by molar-refractivity contribution is 7.89. The van der Waals surface area contributed by atoms with E-state index < -0.39 is 28.8 Å². The third kappa shape index (κ3) is 3.71. The maximum atomic E-state index is 12.5. The lowest BCUT2D eigenvalue weighted by molar-refractivity contribution is -0.158. The van der Waals surface area contributed by atoms with Crippen LogP contribution >= 0.6 is 0 Å². The number of sulfonamides is 1. The van der Waals surface area contributed by atoms with Crippen molar-refractivity contribution < 1.29 is 26.7 Å². The van der Waals surface area contributed by atoms with Crippen molar-refractivity contribution in [2.24, 2.45) is 0 Å². The quantitative estimate of drug-likeness (QED) is 0.891.